The molecule has 0 aliphatic carbocycles. The Kier molecular flexibility index (Phi) is 5.01. The summed E-state index contributed by atoms with van der Waals surface area (Å²) in [6.07, 6.45) is 4.59. The highest BCUT2D eigenvalue weighted by molar-refractivity contribution is 14.1. The van der Waals surface area contributed by atoms with E-state index >= 15 is 0 Å². The summed E-state index contributed by atoms with van der Waals surface area (Å²) in [6.45, 7) is 0.975. The number of fused-ring (bicyclic) bond motifs is 1. The van der Waals surface area contributed by atoms with E-state index in [-0.39, 0.29) is 5.91 Å². The zero-order valence-electron chi connectivity index (χ0n) is 14.3. The highest BCUT2D eigenvalue weighted by Gasteiger charge is 2.16. The molecular formula is C20H19IN4O. The molecule has 0 radical (unpaired) electrons. The fraction of sp³-hybridized carbons (Fsp3) is 0.250. The van der Waals surface area contributed by atoms with Gasteiger partial charge in [0.25, 0.3) is 5.91 Å². The second-order valence-corrected chi connectivity index (χ2v) is 7.58. The summed E-state index contributed by atoms with van der Waals surface area (Å²) >= 11 is 2.17. The van der Waals surface area contributed by atoms with E-state index in [1.165, 1.54) is 19.3 Å². The van der Waals surface area contributed by atoms with E-state index in [9.17, 15) is 4.79 Å². The molecule has 0 saturated carbocycles. The Morgan fingerprint density at radius 2 is 1.81 bits per heavy atom. The molecule has 1 N–H and O–H groups in total. The quantitative estimate of drug-likeness (QED) is 0.587. The molecule has 3 aromatic rings. The molecule has 1 aromatic heterocycles. The minimum atomic E-state index is -0.0981. The molecule has 0 bridgehead atoms. The lowest BCUT2D eigenvalue weighted by atomic mass is 10.1. The van der Waals surface area contributed by atoms with Crippen LogP contribution in [0.5, 0.6) is 0 Å². The first-order chi connectivity index (χ1) is 12.7. The molecule has 5 nitrogen and oxygen atoms in total. The van der Waals surface area contributed by atoms with Crippen molar-refractivity contribution < 1.29 is 4.79 Å². The number of nitrogens with zero attached hydrogens (tertiary/aromatic N) is 3. The maximum Gasteiger partial charge on any atom is 0.256 e. The third-order valence-electron chi connectivity index (χ3n) is 4.63. The van der Waals surface area contributed by atoms with Crippen LogP contribution in [-0.2, 0) is 13.0 Å². The van der Waals surface area contributed by atoms with Crippen molar-refractivity contribution in [1.82, 2.24) is 14.8 Å². The van der Waals surface area contributed by atoms with E-state index < -0.39 is 0 Å². The van der Waals surface area contributed by atoms with Crippen LogP contribution in [0.2, 0.25) is 0 Å². The van der Waals surface area contributed by atoms with Crippen molar-refractivity contribution in [3.63, 3.8) is 0 Å². The van der Waals surface area contributed by atoms with Crippen LogP contribution in [0.4, 0.5) is 5.69 Å². The smallest absolute Gasteiger partial charge is 0.256 e. The summed E-state index contributed by atoms with van der Waals surface area (Å²) in [7, 11) is 0. The van der Waals surface area contributed by atoms with Gasteiger partial charge in [-0.2, -0.15) is 0 Å². The van der Waals surface area contributed by atoms with Crippen LogP contribution in [0.25, 0.3) is 11.4 Å². The normalized spacial score (nSPS) is 13.7. The number of aromatic nitrogens is 3. The molecule has 132 valence electrons. The molecule has 6 heteroatoms. The van der Waals surface area contributed by atoms with Gasteiger partial charge >= 0.3 is 0 Å². The number of carbonyl (C=O) groups is 1. The van der Waals surface area contributed by atoms with Crippen molar-refractivity contribution in [3.8, 4) is 11.4 Å². The van der Waals surface area contributed by atoms with Crippen LogP contribution in [-0.4, -0.2) is 20.7 Å². The molecule has 2 heterocycles. The van der Waals surface area contributed by atoms with E-state index in [0.717, 1.165) is 39.4 Å². The molecule has 1 aliphatic rings. The molecule has 0 atom stereocenters. The van der Waals surface area contributed by atoms with Gasteiger partial charge in [0.05, 0.1) is 5.56 Å². The molecule has 4 rings (SSSR count). The third-order valence-corrected chi connectivity index (χ3v) is 5.57. The summed E-state index contributed by atoms with van der Waals surface area (Å²) < 4.78 is 3.16. The Bertz CT molecular complexity index is 933. The second kappa shape index (κ2) is 7.57. The number of rotatable bonds is 3. The lowest BCUT2D eigenvalue weighted by molar-refractivity contribution is 0.102. The number of halogens is 1. The molecule has 0 spiro atoms. The Balaban J connectivity index is 1.54. The Morgan fingerprint density at radius 3 is 2.62 bits per heavy atom. The topological polar surface area (TPSA) is 59.8 Å². The van der Waals surface area contributed by atoms with Gasteiger partial charge in [0, 0.05) is 27.8 Å². The predicted octanol–water partition coefficient (Wildman–Crippen LogP) is 4.53. The van der Waals surface area contributed by atoms with Crippen molar-refractivity contribution in [2.75, 3.05) is 5.32 Å². The third kappa shape index (κ3) is 3.51. The van der Waals surface area contributed by atoms with Crippen LogP contribution in [0.15, 0.2) is 48.5 Å². The summed E-state index contributed by atoms with van der Waals surface area (Å²) in [4.78, 5) is 12.4. The van der Waals surface area contributed by atoms with Crippen LogP contribution >= 0.6 is 22.6 Å². The zero-order chi connectivity index (χ0) is 17.9. The van der Waals surface area contributed by atoms with Crippen LogP contribution in [0.3, 0.4) is 0 Å². The SMILES string of the molecule is O=C(Nc1ccc(-c2nnc3n2CCCCC3)cc1)c1ccccc1I. The predicted molar refractivity (Wildman–Crippen MR) is 110 cm³/mol. The van der Waals surface area contributed by atoms with E-state index in [4.69, 9.17) is 0 Å². The van der Waals surface area contributed by atoms with Gasteiger partial charge in [-0.15, -0.1) is 10.2 Å². The zero-order valence-corrected chi connectivity index (χ0v) is 16.4. The van der Waals surface area contributed by atoms with E-state index in [2.05, 4.69) is 42.7 Å². The fourth-order valence-electron chi connectivity index (χ4n) is 3.24. The molecule has 0 unspecified atom stereocenters. The molecular weight excluding hydrogens is 439 g/mol. The largest absolute Gasteiger partial charge is 0.322 e. The molecule has 26 heavy (non-hydrogen) atoms. The first-order valence-electron chi connectivity index (χ1n) is 8.81. The van der Waals surface area contributed by atoms with Gasteiger partial charge in [-0.05, 0) is 71.8 Å². The van der Waals surface area contributed by atoms with Gasteiger partial charge < -0.3 is 9.88 Å². The number of hydrogen-bond acceptors (Lipinski definition) is 3. The van der Waals surface area contributed by atoms with Gasteiger partial charge in [0.15, 0.2) is 5.82 Å². The van der Waals surface area contributed by atoms with Gasteiger partial charge in [-0.1, -0.05) is 18.6 Å². The number of benzene rings is 2. The second-order valence-electron chi connectivity index (χ2n) is 6.41. The minimum Gasteiger partial charge on any atom is -0.322 e. The van der Waals surface area contributed by atoms with Crippen LogP contribution < -0.4 is 5.32 Å². The number of hydrogen-bond donors (Lipinski definition) is 1. The van der Waals surface area contributed by atoms with E-state index in [1.54, 1.807) is 0 Å². The number of aryl methyl sites for hydroxylation is 1. The Morgan fingerprint density at radius 1 is 1.00 bits per heavy atom. The first-order valence-corrected chi connectivity index (χ1v) is 9.88. The molecule has 1 amide bonds. The summed E-state index contributed by atoms with van der Waals surface area (Å²) in [5.41, 5.74) is 2.48. The highest BCUT2D eigenvalue weighted by Crippen LogP contribution is 2.24. The molecule has 2 aromatic carbocycles. The highest BCUT2D eigenvalue weighted by atomic mass is 127. The van der Waals surface area contributed by atoms with Gasteiger partial charge in [-0.3, -0.25) is 4.79 Å². The van der Waals surface area contributed by atoms with Crippen molar-refractivity contribution in [2.45, 2.75) is 32.2 Å². The van der Waals surface area contributed by atoms with Crippen molar-refractivity contribution in [2.24, 2.45) is 0 Å². The molecule has 0 fully saturated rings. The monoisotopic (exact) mass is 458 g/mol. The maximum absolute atomic E-state index is 12.4. The lowest BCUT2D eigenvalue weighted by Gasteiger charge is -2.09. The average Bonchev–Trinajstić information content (AvgIpc) is 2.91. The van der Waals surface area contributed by atoms with Crippen molar-refractivity contribution >= 4 is 34.2 Å². The van der Waals surface area contributed by atoms with Gasteiger partial charge in [0.1, 0.15) is 5.82 Å². The Hall–Kier alpha value is -2.22. The number of amides is 1. The van der Waals surface area contributed by atoms with Crippen molar-refractivity contribution in [3.05, 3.63) is 63.5 Å². The number of nitrogens with one attached hydrogen (secondary N) is 1. The standard InChI is InChI=1S/C20H19IN4O/c21-17-7-4-3-6-16(17)20(26)22-15-11-9-14(10-12-15)19-24-23-18-8-2-1-5-13-25(18)19/h3-4,6-7,9-12H,1-2,5,8,13H2,(H,22,26). The molecule has 0 saturated heterocycles. The number of carbonyl (C=O) groups excluding carboxylic acids is 1. The lowest BCUT2D eigenvalue weighted by Crippen LogP contribution is -2.13. The first kappa shape index (κ1) is 17.2. The van der Waals surface area contributed by atoms with E-state index in [0.29, 0.717) is 5.56 Å². The molecule has 1 aliphatic heterocycles. The van der Waals surface area contributed by atoms with Gasteiger partial charge in [0.2, 0.25) is 0 Å². The maximum atomic E-state index is 12.4. The van der Waals surface area contributed by atoms with Gasteiger partial charge in [-0.25, -0.2) is 0 Å². The summed E-state index contributed by atoms with van der Waals surface area (Å²) in [5, 5.41) is 11.7. The van der Waals surface area contributed by atoms with Crippen LogP contribution in [0.1, 0.15) is 35.4 Å². The van der Waals surface area contributed by atoms with E-state index in [1.807, 2.05) is 48.5 Å². The van der Waals surface area contributed by atoms with Crippen molar-refractivity contribution in [1.29, 1.82) is 0 Å². The number of anilines is 1. The summed E-state index contributed by atoms with van der Waals surface area (Å²) in [6, 6.07) is 15.4. The minimum absolute atomic E-state index is 0.0981. The summed E-state index contributed by atoms with van der Waals surface area (Å²) in [5.74, 6) is 1.89. The van der Waals surface area contributed by atoms with Crippen LogP contribution in [0, 0.1) is 3.57 Å². The fourth-order valence-corrected chi connectivity index (χ4v) is 3.88. The Labute approximate surface area is 166 Å². The average molecular weight is 458 g/mol.